The lowest BCUT2D eigenvalue weighted by Crippen LogP contribution is -2.28. The van der Waals surface area contributed by atoms with Gasteiger partial charge in [-0.15, -0.1) is 0 Å². The standard InChI is InChI=1S/C33H32N4O5.C13H16N2O.C4H11N/c1-36-18-26(15-28(36)20-39)35-33(40)12-22-7-6-8-23(11-22)21-42-32-16-29(25(19-38)14-31(32)41-3)34-17-27-13-24-9-4-5-10-30(24)37(27)2;1-14-12-5-3-10(4-6-12)11-7-13(9-16)15(2)8-11;1-3-4-5-2/h4-11,14-20,27H,12-13,21H2,1-3H3,(H,35,40);3-7,9,11,14H,8H2,1-2H3;5H,3-4H2,1-2H3. The summed E-state index contributed by atoms with van der Waals surface area (Å²) in [5, 5.41) is 8.93. The maximum atomic E-state index is 12.6. The number of methoxy groups -OCH3 is 1. The van der Waals surface area contributed by atoms with Gasteiger partial charge in [0.1, 0.15) is 6.61 Å². The van der Waals surface area contributed by atoms with Crippen LogP contribution in [0.3, 0.4) is 0 Å². The van der Waals surface area contributed by atoms with Crippen molar-refractivity contribution in [2.24, 2.45) is 12.0 Å². The first-order chi connectivity index (χ1) is 30.5. The van der Waals surface area contributed by atoms with Gasteiger partial charge in [-0.2, -0.15) is 0 Å². The molecule has 5 aromatic rings. The zero-order valence-corrected chi connectivity index (χ0v) is 37.3. The van der Waals surface area contributed by atoms with Crippen LogP contribution in [-0.4, -0.2) is 94.9 Å². The third kappa shape index (κ3) is 12.8. The van der Waals surface area contributed by atoms with E-state index in [-0.39, 0.29) is 25.0 Å². The van der Waals surface area contributed by atoms with Gasteiger partial charge in [0.25, 0.3) is 0 Å². The van der Waals surface area contributed by atoms with Crippen LogP contribution >= 0.6 is 0 Å². The second-order valence-electron chi connectivity index (χ2n) is 15.4. The van der Waals surface area contributed by atoms with Crippen molar-refractivity contribution in [2.45, 2.75) is 44.8 Å². The lowest BCUT2D eigenvalue weighted by molar-refractivity contribution is -0.115. The highest BCUT2D eigenvalue weighted by molar-refractivity contribution is 5.93. The topological polar surface area (TPSA) is 147 Å². The van der Waals surface area contributed by atoms with Gasteiger partial charge in [-0.3, -0.25) is 24.2 Å². The van der Waals surface area contributed by atoms with Gasteiger partial charge in [0.15, 0.2) is 30.4 Å². The van der Waals surface area contributed by atoms with Gasteiger partial charge in [0, 0.05) is 76.1 Å². The number of aryl methyl sites for hydroxylation is 1. The molecule has 0 fully saturated rings. The average molecular weight is 854 g/mol. The smallest absolute Gasteiger partial charge is 0.228 e. The molecule has 0 bridgehead atoms. The third-order valence-corrected chi connectivity index (χ3v) is 10.9. The Hall–Kier alpha value is -6.99. The van der Waals surface area contributed by atoms with Crippen LogP contribution in [0.15, 0.2) is 114 Å². The molecule has 0 saturated carbocycles. The van der Waals surface area contributed by atoms with Crippen LogP contribution in [0.5, 0.6) is 11.5 Å². The Bertz CT molecular complexity index is 2390. The van der Waals surface area contributed by atoms with E-state index in [1.54, 1.807) is 36.0 Å². The molecule has 3 heterocycles. The molecule has 2 aliphatic rings. The molecular formula is C50H59N7O6. The number of aldehydes is 3. The summed E-state index contributed by atoms with van der Waals surface area (Å²) in [5.74, 6) is 1.02. The fourth-order valence-corrected chi connectivity index (χ4v) is 7.34. The Kier molecular flexibility index (Phi) is 17.4. The zero-order chi connectivity index (χ0) is 45.3. The summed E-state index contributed by atoms with van der Waals surface area (Å²) in [6.07, 6.45) is 10.2. The summed E-state index contributed by atoms with van der Waals surface area (Å²) in [4.78, 5) is 55.2. The van der Waals surface area contributed by atoms with Crippen LogP contribution < -0.4 is 30.3 Å². The van der Waals surface area contributed by atoms with Crippen LogP contribution in [-0.2, 0) is 36.1 Å². The minimum Gasteiger partial charge on any atom is -0.493 e. The Labute approximate surface area is 370 Å². The average Bonchev–Trinajstić information content (AvgIpc) is 3.97. The first kappa shape index (κ1) is 47.1. The van der Waals surface area contributed by atoms with Crippen molar-refractivity contribution in [3.05, 3.63) is 142 Å². The Morgan fingerprint density at radius 3 is 2.24 bits per heavy atom. The molecule has 7 rings (SSSR count). The number of ether oxygens (including phenoxy) is 2. The maximum Gasteiger partial charge on any atom is 0.228 e. The predicted octanol–water partition coefficient (Wildman–Crippen LogP) is 7.64. The normalized spacial score (nSPS) is 15.0. The Morgan fingerprint density at radius 1 is 0.857 bits per heavy atom. The molecule has 2 unspecified atom stereocenters. The molecule has 0 saturated heterocycles. The molecule has 0 aliphatic carbocycles. The first-order valence-electron chi connectivity index (χ1n) is 21.0. The lowest BCUT2D eigenvalue weighted by Gasteiger charge is -2.19. The van der Waals surface area contributed by atoms with Crippen LogP contribution in [0.25, 0.3) is 0 Å². The number of likely N-dealkylation sites (N-methyl/N-ethyl adjacent to an activating group) is 2. The number of carbonyl (C=O) groups excluding carboxylic acids is 4. The number of aromatic nitrogens is 1. The third-order valence-electron chi connectivity index (χ3n) is 10.9. The maximum absolute atomic E-state index is 12.6. The van der Waals surface area contributed by atoms with E-state index in [0.29, 0.717) is 40.0 Å². The summed E-state index contributed by atoms with van der Waals surface area (Å²) in [6, 6.07) is 29.2. The van der Waals surface area contributed by atoms with E-state index in [2.05, 4.69) is 69.2 Å². The number of rotatable bonds is 16. The number of fused-ring (bicyclic) bond motifs is 1. The number of nitrogens with zero attached hydrogens (tertiary/aromatic N) is 4. The van der Waals surface area contributed by atoms with Crippen LogP contribution in [0.2, 0.25) is 0 Å². The van der Waals surface area contributed by atoms with Gasteiger partial charge in [-0.25, -0.2) is 0 Å². The molecule has 13 nitrogen and oxygen atoms in total. The Morgan fingerprint density at radius 2 is 1.62 bits per heavy atom. The number of hydrogen-bond donors (Lipinski definition) is 3. The van der Waals surface area contributed by atoms with E-state index in [1.165, 1.54) is 30.3 Å². The number of amides is 1. The molecule has 1 aromatic heterocycles. The fraction of sp³-hybridized carbons (Fsp3) is 0.300. The SMILES string of the molecule is CCCNC.CNc1ccc(C2C=C(C=O)N(C)C2)cc1.COc1cc(C=O)c(N=CC2Cc3ccccc3N2C)cc1OCc1cccc(CC(=O)Nc2cc(C=O)n(C)c2)c1. The molecule has 13 heteroatoms. The van der Waals surface area contributed by atoms with E-state index in [4.69, 9.17) is 9.47 Å². The molecule has 63 heavy (non-hydrogen) atoms. The monoisotopic (exact) mass is 853 g/mol. The highest BCUT2D eigenvalue weighted by atomic mass is 16.5. The molecule has 1 amide bonds. The van der Waals surface area contributed by atoms with Gasteiger partial charge in [0.2, 0.25) is 5.91 Å². The summed E-state index contributed by atoms with van der Waals surface area (Å²) in [6.45, 7) is 4.39. The van der Waals surface area contributed by atoms with Gasteiger partial charge in [-0.05, 0) is 85.1 Å². The van der Waals surface area contributed by atoms with E-state index in [1.807, 2.05) is 81.8 Å². The van der Waals surface area contributed by atoms with Crippen LogP contribution in [0.4, 0.5) is 22.7 Å². The van der Waals surface area contributed by atoms with Gasteiger partial charge >= 0.3 is 0 Å². The molecule has 0 spiro atoms. The van der Waals surface area contributed by atoms with Crippen molar-refractivity contribution in [3.63, 3.8) is 0 Å². The molecular weight excluding hydrogens is 795 g/mol. The van der Waals surface area contributed by atoms with Gasteiger partial charge in [-0.1, -0.05) is 61.5 Å². The van der Waals surface area contributed by atoms with Crippen molar-refractivity contribution in [1.29, 1.82) is 0 Å². The van der Waals surface area contributed by atoms with Crippen LogP contribution in [0, 0.1) is 0 Å². The number of benzene rings is 4. The highest BCUT2D eigenvalue weighted by Crippen LogP contribution is 2.36. The lowest BCUT2D eigenvalue weighted by atomic mass is 10.00. The number of aliphatic imine (C=N–C) groups is 1. The number of anilines is 3. The van der Waals surface area contributed by atoms with Gasteiger partial charge < -0.3 is 39.8 Å². The molecule has 2 atom stereocenters. The summed E-state index contributed by atoms with van der Waals surface area (Å²) in [7, 11) is 11.1. The molecule has 4 aromatic carbocycles. The number of carbonyl (C=O) groups is 4. The zero-order valence-electron chi connectivity index (χ0n) is 37.3. The van der Waals surface area contributed by atoms with E-state index in [0.717, 1.165) is 60.9 Å². The second-order valence-corrected chi connectivity index (χ2v) is 15.4. The minimum atomic E-state index is -0.194. The second kappa shape index (κ2) is 23.3. The predicted molar refractivity (Wildman–Crippen MR) is 253 cm³/mol. The quantitative estimate of drug-likeness (QED) is 0.0669. The highest BCUT2D eigenvalue weighted by Gasteiger charge is 2.25. The van der Waals surface area contributed by atoms with E-state index in [9.17, 15) is 19.2 Å². The van der Waals surface area contributed by atoms with E-state index >= 15 is 0 Å². The van der Waals surface area contributed by atoms with Crippen molar-refractivity contribution in [2.75, 3.05) is 63.9 Å². The van der Waals surface area contributed by atoms with Crippen molar-refractivity contribution >= 4 is 53.7 Å². The minimum absolute atomic E-state index is 0.0715. The van der Waals surface area contributed by atoms with E-state index < -0.39 is 0 Å². The molecule has 3 N–H and O–H groups in total. The number of nitrogens with one attached hydrogen (secondary N) is 3. The summed E-state index contributed by atoms with van der Waals surface area (Å²) < 4.78 is 13.3. The van der Waals surface area contributed by atoms with Crippen molar-refractivity contribution in [3.8, 4) is 11.5 Å². The van der Waals surface area contributed by atoms with Gasteiger partial charge in [0.05, 0.1) is 42.3 Å². The first-order valence-corrected chi connectivity index (χ1v) is 21.0. The molecule has 0 radical (unpaired) electrons. The van der Waals surface area contributed by atoms with Crippen LogP contribution in [0.1, 0.15) is 62.4 Å². The molecule has 2 aliphatic heterocycles. The van der Waals surface area contributed by atoms with Crippen molar-refractivity contribution in [1.82, 2.24) is 14.8 Å². The Balaban J connectivity index is 0.000000293. The molecule has 330 valence electrons. The summed E-state index contributed by atoms with van der Waals surface area (Å²) >= 11 is 0. The number of para-hydroxylation sites is 1. The summed E-state index contributed by atoms with van der Waals surface area (Å²) in [5.41, 5.74) is 9.20. The number of hydrogen-bond acceptors (Lipinski definition) is 11. The fourth-order valence-electron chi connectivity index (χ4n) is 7.34. The van der Waals surface area contributed by atoms with Crippen molar-refractivity contribution < 1.29 is 28.7 Å². The number of allylic oxidation sites excluding steroid dienone is 1. The largest absolute Gasteiger partial charge is 0.493 e.